The number of nitrogens with one attached hydrogen (secondary N) is 1. The van der Waals surface area contributed by atoms with E-state index >= 15 is 0 Å². The van der Waals surface area contributed by atoms with E-state index in [0.717, 1.165) is 36.6 Å². The summed E-state index contributed by atoms with van der Waals surface area (Å²) in [5.74, 6) is 0.824. The second-order valence-corrected chi connectivity index (χ2v) is 8.59. The number of amides is 1. The SMILES string of the molecule is COc1ccc(CCNC(=O)c2cnc3sc(N4CCCCCC4)nn3c2=O)cc1OC. The van der Waals surface area contributed by atoms with Crippen molar-refractivity contribution in [1.82, 2.24) is 19.9 Å². The number of methoxy groups -OCH3 is 2. The average molecular weight is 458 g/mol. The minimum atomic E-state index is -0.457. The summed E-state index contributed by atoms with van der Waals surface area (Å²) in [7, 11) is 3.16. The molecule has 1 aliphatic heterocycles. The number of aromatic nitrogens is 3. The molecule has 1 saturated heterocycles. The highest BCUT2D eigenvalue weighted by Crippen LogP contribution is 2.27. The van der Waals surface area contributed by atoms with Gasteiger partial charge < -0.3 is 19.7 Å². The van der Waals surface area contributed by atoms with Crippen molar-refractivity contribution in [3.05, 3.63) is 45.9 Å². The van der Waals surface area contributed by atoms with Crippen molar-refractivity contribution < 1.29 is 14.3 Å². The maximum atomic E-state index is 12.9. The predicted octanol–water partition coefficient (Wildman–Crippen LogP) is 2.52. The quantitative estimate of drug-likeness (QED) is 0.582. The maximum absolute atomic E-state index is 12.9. The van der Waals surface area contributed by atoms with E-state index in [2.05, 4.69) is 20.3 Å². The third-order valence-electron chi connectivity index (χ3n) is 5.54. The lowest BCUT2D eigenvalue weighted by Gasteiger charge is -2.17. The van der Waals surface area contributed by atoms with Gasteiger partial charge in [0.25, 0.3) is 11.5 Å². The summed E-state index contributed by atoms with van der Waals surface area (Å²) < 4.78 is 11.8. The smallest absolute Gasteiger partial charge is 0.288 e. The van der Waals surface area contributed by atoms with Crippen LogP contribution in [0, 0.1) is 0 Å². The van der Waals surface area contributed by atoms with Gasteiger partial charge in [-0.1, -0.05) is 30.2 Å². The van der Waals surface area contributed by atoms with E-state index in [0.29, 0.717) is 29.4 Å². The molecule has 3 heterocycles. The molecule has 3 aromatic rings. The molecule has 2 aromatic heterocycles. The first-order valence-corrected chi connectivity index (χ1v) is 11.6. The monoisotopic (exact) mass is 457 g/mol. The number of hydrogen-bond acceptors (Lipinski definition) is 8. The summed E-state index contributed by atoms with van der Waals surface area (Å²) in [6.07, 6.45) is 6.59. The number of anilines is 1. The third kappa shape index (κ3) is 4.69. The van der Waals surface area contributed by atoms with Gasteiger partial charge in [0.2, 0.25) is 10.1 Å². The Balaban J connectivity index is 1.44. The first-order valence-electron chi connectivity index (χ1n) is 10.7. The van der Waals surface area contributed by atoms with Gasteiger partial charge in [-0.05, 0) is 37.0 Å². The summed E-state index contributed by atoms with van der Waals surface area (Å²) in [5, 5.41) is 8.04. The Morgan fingerprint density at radius 2 is 1.88 bits per heavy atom. The highest BCUT2D eigenvalue weighted by Gasteiger charge is 2.19. The summed E-state index contributed by atoms with van der Waals surface area (Å²) >= 11 is 1.38. The summed E-state index contributed by atoms with van der Waals surface area (Å²) in [6, 6.07) is 5.60. The van der Waals surface area contributed by atoms with Crippen LogP contribution in [0.1, 0.15) is 41.6 Å². The molecule has 0 saturated carbocycles. The van der Waals surface area contributed by atoms with Gasteiger partial charge in [0.15, 0.2) is 11.5 Å². The van der Waals surface area contributed by atoms with Gasteiger partial charge in [-0.2, -0.15) is 4.52 Å². The summed E-state index contributed by atoms with van der Waals surface area (Å²) in [4.78, 5) is 32.5. The van der Waals surface area contributed by atoms with E-state index in [1.165, 1.54) is 34.9 Å². The van der Waals surface area contributed by atoms with Crippen LogP contribution in [0.4, 0.5) is 5.13 Å². The summed E-state index contributed by atoms with van der Waals surface area (Å²) in [6.45, 7) is 2.22. The first kappa shape index (κ1) is 22.1. The fourth-order valence-corrected chi connectivity index (χ4v) is 4.69. The number of carbonyl (C=O) groups is 1. The van der Waals surface area contributed by atoms with E-state index in [1.54, 1.807) is 14.2 Å². The molecule has 0 bridgehead atoms. The van der Waals surface area contributed by atoms with E-state index in [4.69, 9.17) is 9.47 Å². The topological polar surface area (TPSA) is 98.1 Å². The number of rotatable bonds is 7. The maximum Gasteiger partial charge on any atom is 0.288 e. The van der Waals surface area contributed by atoms with E-state index < -0.39 is 11.5 Å². The van der Waals surface area contributed by atoms with Crippen LogP contribution in [0.2, 0.25) is 0 Å². The molecule has 0 aliphatic carbocycles. The van der Waals surface area contributed by atoms with Gasteiger partial charge in [0.1, 0.15) is 5.56 Å². The second-order valence-electron chi connectivity index (χ2n) is 7.65. The Morgan fingerprint density at radius 3 is 2.59 bits per heavy atom. The van der Waals surface area contributed by atoms with Crippen LogP contribution in [0.3, 0.4) is 0 Å². The van der Waals surface area contributed by atoms with Crippen LogP contribution in [0.25, 0.3) is 4.96 Å². The molecule has 1 amide bonds. The van der Waals surface area contributed by atoms with Gasteiger partial charge >= 0.3 is 0 Å². The molecule has 1 N–H and O–H groups in total. The minimum Gasteiger partial charge on any atom is -0.493 e. The van der Waals surface area contributed by atoms with Crippen LogP contribution in [-0.4, -0.2) is 54.4 Å². The zero-order chi connectivity index (χ0) is 22.5. The lowest BCUT2D eigenvalue weighted by molar-refractivity contribution is 0.0952. The molecule has 4 rings (SSSR count). The molecular formula is C22H27N5O4S. The Bertz CT molecular complexity index is 1150. The van der Waals surface area contributed by atoms with Crippen LogP contribution >= 0.6 is 11.3 Å². The molecule has 10 heteroatoms. The molecule has 9 nitrogen and oxygen atoms in total. The molecule has 0 atom stereocenters. The molecular weight excluding hydrogens is 430 g/mol. The molecule has 1 aromatic carbocycles. The number of ether oxygens (including phenoxy) is 2. The summed E-state index contributed by atoms with van der Waals surface area (Å²) in [5.41, 5.74) is 0.522. The Labute approximate surface area is 190 Å². The van der Waals surface area contributed by atoms with Crippen LogP contribution in [0.5, 0.6) is 11.5 Å². The molecule has 32 heavy (non-hydrogen) atoms. The molecule has 0 spiro atoms. The normalized spacial score (nSPS) is 14.2. The number of benzene rings is 1. The van der Waals surface area contributed by atoms with Crippen LogP contribution in [-0.2, 0) is 6.42 Å². The van der Waals surface area contributed by atoms with Crippen molar-refractivity contribution in [3.8, 4) is 11.5 Å². The number of hydrogen-bond donors (Lipinski definition) is 1. The van der Waals surface area contributed by atoms with Crippen molar-refractivity contribution >= 4 is 27.3 Å². The van der Waals surface area contributed by atoms with Gasteiger partial charge in [-0.3, -0.25) is 9.59 Å². The third-order valence-corrected chi connectivity index (χ3v) is 6.53. The zero-order valence-electron chi connectivity index (χ0n) is 18.3. The van der Waals surface area contributed by atoms with E-state index in [9.17, 15) is 9.59 Å². The van der Waals surface area contributed by atoms with E-state index in [-0.39, 0.29) is 5.56 Å². The van der Waals surface area contributed by atoms with E-state index in [1.807, 2.05) is 18.2 Å². The largest absolute Gasteiger partial charge is 0.493 e. The van der Waals surface area contributed by atoms with Crippen molar-refractivity contribution in [2.75, 3.05) is 38.8 Å². The molecule has 1 aliphatic rings. The Hall–Kier alpha value is -3.14. The Morgan fingerprint density at radius 1 is 1.12 bits per heavy atom. The molecule has 0 radical (unpaired) electrons. The number of carbonyl (C=O) groups excluding carboxylic acids is 1. The standard InChI is InChI=1S/C22H27N5O4S/c1-30-17-8-7-15(13-18(17)31-2)9-10-23-19(28)16-14-24-21-27(20(16)29)25-22(32-21)26-11-5-3-4-6-12-26/h7-8,13-14H,3-6,9-12H2,1-2H3,(H,23,28). The number of nitrogens with zero attached hydrogens (tertiary/aromatic N) is 4. The average Bonchev–Trinajstić information content (AvgIpc) is 3.06. The van der Waals surface area contributed by atoms with Gasteiger partial charge in [-0.15, -0.1) is 5.10 Å². The first-order chi connectivity index (χ1) is 15.6. The van der Waals surface area contributed by atoms with Crippen molar-refractivity contribution in [2.45, 2.75) is 32.1 Å². The second kappa shape index (κ2) is 9.99. The van der Waals surface area contributed by atoms with Crippen molar-refractivity contribution in [2.24, 2.45) is 0 Å². The van der Waals surface area contributed by atoms with Gasteiger partial charge in [0, 0.05) is 25.8 Å². The van der Waals surface area contributed by atoms with Gasteiger partial charge in [-0.25, -0.2) is 4.98 Å². The van der Waals surface area contributed by atoms with Crippen LogP contribution in [0.15, 0.2) is 29.2 Å². The fourth-order valence-electron chi connectivity index (χ4n) is 3.77. The van der Waals surface area contributed by atoms with Crippen molar-refractivity contribution in [1.29, 1.82) is 0 Å². The zero-order valence-corrected chi connectivity index (χ0v) is 19.1. The predicted molar refractivity (Wildman–Crippen MR) is 123 cm³/mol. The Kier molecular flexibility index (Phi) is 6.89. The van der Waals surface area contributed by atoms with Crippen molar-refractivity contribution in [3.63, 3.8) is 0 Å². The minimum absolute atomic E-state index is 0.0115. The molecule has 1 fully saturated rings. The molecule has 0 unspecified atom stereocenters. The highest BCUT2D eigenvalue weighted by molar-refractivity contribution is 7.20. The fraction of sp³-hybridized carbons (Fsp3) is 0.455. The lowest BCUT2D eigenvalue weighted by atomic mass is 10.1. The lowest BCUT2D eigenvalue weighted by Crippen LogP contribution is -2.33. The van der Waals surface area contributed by atoms with Crippen LogP contribution < -0.4 is 25.2 Å². The number of fused-ring (bicyclic) bond motifs is 1. The molecule has 170 valence electrons. The highest BCUT2D eigenvalue weighted by atomic mass is 32.1. The van der Waals surface area contributed by atoms with Gasteiger partial charge in [0.05, 0.1) is 14.2 Å².